The number of rotatable bonds is 8. The summed E-state index contributed by atoms with van der Waals surface area (Å²) < 4.78 is 18.6. The van der Waals surface area contributed by atoms with Gasteiger partial charge in [-0.15, -0.1) is 0 Å². The second kappa shape index (κ2) is 9.47. The number of aromatic nitrogens is 1. The van der Waals surface area contributed by atoms with E-state index in [-0.39, 0.29) is 5.91 Å². The van der Waals surface area contributed by atoms with E-state index in [0.29, 0.717) is 23.8 Å². The minimum absolute atomic E-state index is 0.134. The molecule has 0 radical (unpaired) electrons. The van der Waals surface area contributed by atoms with Crippen molar-refractivity contribution < 1.29 is 19.0 Å². The van der Waals surface area contributed by atoms with Crippen LogP contribution in [0.2, 0.25) is 0 Å². The predicted molar refractivity (Wildman–Crippen MR) is 126 cm³/mol. The molecule has 164 valence electrons. The van der Waals surface area contributed by atoms with E-state index in [1.54, 1.807) is 32.4 Å². The molecule has 6 nitrogen and oxygen atoms in total. The second-order valence-electron chi connectivity index (χ2n) is 7.42. The average molecular weight is 431 g/mol. The SMILES string of the molecule is COc1ccc(NC(=O)C(C)n2ccc3c(OCc4ccccc4)cccc32)cc1OC. The molecule has 1 amide bonds. The molecule has 1 aromatic heterocycles. The number of methoxy groups -OCH3 is 2. The number of nitrogens with zero attached hydrogens (tertiary/aromatic N) is 1. The van der Waals surface area contributed by atoms with Gasteiger partial charge in [0.1, 0.15) is 18.4 Å². The summed E-state index contributed by atoms with van der Waals surface area (Å²) in [6.45, 7) is 2.35. The highest BCUT2D eigenvalue weighted by molar-refractivity contribution is 5.96. The molecular weight excluding hydrogens is 404 g/mol. The van der Waals surface area contributed by atoms with Crippen LogP contribution in [-0.4, -0.2) is 24.7 Å². The van der Waals surface area contributed by atoms with Crippen molar-refractivity contribution in [3.63, 3.8) is 0 Å². The van der Waals surface area contributed by atoms with E-state index in [9.17, 15) is 4.79 Å². The van der Waals surface area contributed by atoms with Crippen molar-refractivity contribution in [2.24, 2.45) is 0 Å². The predicted octanol–water partition coefficient (Wildman–Crippen LogP) is 5.44. The first-order valence-corrected chi connectivity index (χ1v) is 10.4. The molecule has 0 aliphatic carbocycles. The van der Waals surface area contributed by atoms with Crippen molar-refractivity contribution in [2.45, 2.75) is 19.6 Å². The van der Waals surface area contributed by atoms with E-state index < -0.39 is 6.04 Å². The Balaban J connectivity index is 1.52. The number of ether oxygens (including phenoxy) is 3. The minimum Gasteiger partial charge on any atom is -0.493 e. The number of carbonyl (C=O) groups excluding carboxylic acids is 1. The van der Waals surface area contributed by atoms with E-state index in [0.717, 1.165) is 22.2 Å². The lowest BCUT2D eigenvalue weighted by molar-refractivity contribution is -0.118. The fourth-order valence-corrected chi connectivity index (χ4v) is 3.65. The van der Waals surface area contributed by atoms with Gasteiger partial charge in [-0.2, -0.15) is 0 Å². The first kappa shape index (κ1) is 21.3. The number of fused-ring (bicyclic) bond motifs is 1. The lowest BCUT2D eigenvalue weighted by Crippen LogP contribution is -2.23. The number of nitrogens with one attached hydrogen (secondary N) is 1. The van der Waals surface area contributed by atoms with Gasteiger partial charge in [-0.25, -0.2) is 0 Å². The van der Waals surface area contributed by atoms with E-state index in [2.05, 4.69) is 5.32 Å². The molecule has 32 heavy (non-hydrogen) atoms. The van der Waals surface area contributed by atoms with E-state index in [1.807, 2.05) is 72.3 Å². The number of hydrogen-bond donors (Lipinski definition) is 1. The van der Waals surface area contributed by atoms with Gasteiger partial charge in [-0.1, -0.05) is 36.4 Å². The Bertz CT molecular complexity index is 1220. The van der Waals surface area contributed by atoms with Crippen molar-refractivity contribution in [1.29, 1.82) is 0 Å². The fraction of sp³-hybridized carbons (Fsp3) is 0.192. The van der Waals surface area contributed by atoms with E-state index >= 15 is 0 Å². The topological polar surface area (TPSA) is 61.7 Å². The standard InChI is InChI=1S/C26H26N2O4/c1-18(26(29)27-20-12-13-24(30-2)25(16-20)31-3)28-15-14-21-22(28)10-7-11-23(21)32-17-19-8-5-4-6-9-19/h4-16,18H,17H2,1-3H3,(H,27,29). The molecule has 0 saturated heterocycles. The Labute approximate surface area is 187 Å². The molecule has 0 spiro atoms. The lowest BCUT2D eigenvalue weighted by Gasteiger charge is -2.17. The van der Waals surface area contributed by atoms with Gasteiger partial charge in [-0.05, 0) is 42.8 Å². The zero-order chi connectivity index (χ0) is 22.5. The second-order valence-corrected chi connectivity index (χ2v) is 7.42. The Morgan fingerprint density at radius 3 is 2.44 bits per heavy atom. The number of benzene rings is 3. The minimum atomic E-state index is -0.426. The monoisotopic (exact) mass is 430 g/mol. The van der Waals surface area contributed by atoms with Crippen LogP contribution in [0.1, 0.15) is 18.5 Å². The van der Waals surface area contributed by atoms with Gasteiger partial charge in [0.2, 0.25) is 5.91 Å². The van der Waals surface area contributed by atoms with Crippen LogP contribution in [0, 0.1) is 0 Å². The zero-order valence-corrected chi connectivity index (χ0v) is 18.4. The number of amides is 1. The van der Waals surface area contributed by atoms with Crippen molar-refractivity contribution in [2.75, 3.05) is 19.5 Å². The quantitative estimate of drug-likeness (QED) is 0.404. The highest BCUT2D eigenvalue weighted by atomic mass is 16.5. The largest absolute Gasteiger partial charge is 0.493 e. The maximum Gasteiger partial charge on any atom is 0.247 e. The summed E-state index contributed by atoms with van der Waals surface area (Å²) >= 11 is 0. The molecule has 0 aliphatic heterocycles. The smallest absolute Gasteiger partial charge is 0.247 e. The van der Waals surface area contributed by atoms with Gasteiger partial charge < -0.3 is 24.1 Å². The summed E-state index contributed by atoms with van der Waals surface area (Å²) in [4.78, 5) is 13.0. The van der Waals surface area contributed by atoms with Crippen LogP contribution < -0.4 is 19.5 Å². The summed E-state index contributed by atoms with van der Waals surface area (Å²) in [6, 6.07) is 22.8. The van der Waals surface area contributed by atoms with Gasteiger partial charge >= 0.3 is 0 Å². The van der Waals surface area contributed by atoms with Crippen LogP contribution >= 0.6 is 0 Å². The summed E-state index contributed by atoms with van der Waals surface area (Å²) in [5.41, 5.74) is 2.68. The summed E-state index contributed by atoms with van der Waals surface area (Å²) in [5, 5.41) is 3.92. The van der Waals surface area contributed by atoms with Crippen molar-refractivity contribution in [1.82, 2.24) is 4.57 Å². The Morgan fingerprint density at radius 1 is 0.906 bits per heavy atom. The average Bonchev–Trinajstić information content (AvgIpc) is 3.27. The molecule has 0 aliphatic rings. The number of anilines is 1. The van der Waals surface area contributed by atoms with Crippen molar-refractivity contribution >= 4 is 22.5 Å². The van der Waals surface area contributed by atoms with Crippen LogP contribution in [0.15, 0.2) is 79.0 Å². The van der Waals surface area contributed by atoms with E-state index in [4.69, 9.17) is 14.2 Å². The van der Waals surface area contributed by atoms with Gasteiger partial charge in [-0.3, -0.25) is 4.79 Å². The van der Waals surface area contributed by atoms with Crippen molar-refractivity contribution in [3.05, 3.63) is 84.6 Å². The highest BCUT2D eigenvalue weighted by Crippen LogP contribution is 2.32. The van der Waals surface area contributed by atoms with Gasteiger partial charge in [0.05, 0.1) is 19.7 Å². The molecule has 1 N–H and O–H groups in total. The maximum atomic E-state index is 13.0. The number of hydrogen-bond acceptors (Lipinski definition) is 4. The summed E-state index contributed by atoms with van der Waals surface area (Å²) in [5.74, 6) is 1.82. The molecule has 6 heteroatoms. The summed E-state index contributed by atoms with van der Waals surface area (Å²) in [6.07, 6.45) is 1.92. The third kappa shape index (κ3) is 4.39. The Hall–Kier alpha value is -3.93. The first-order chi connectivity index (χ1) is 15.6. The molecule has 0 fully saturated rings. The van der Waals surface area contributed by atoms with Crippen molar-refractivity contribution in [3.8, 4) is 17.2 Å². The molecule has 1 atom stereocenters. The zero-order valence-electron chi connectivity index (χ0n) is 18.4. The van der Waals surface area contributed by atoms with Gasteiger partial charge in [0, 0.05) is 23.3 Å². The van der Waals surface area contributed by atoms with Crippen LogP contribution in [0.25, 0.3) is 10.9 Å². The van der Waals surface area contributed by atoms with Gasteiger partial charge in [0.15, 0.2) is 11.5 Å². The van der Waals surface area contributed by atoms with E-state index in [1.165, 1.54) is 0 Å². The summed E-state index contributed by atoms with van der Waals surface area (Å²) in [7, 11) is 3.14. The third-order valence-corrected chi connectivity index (χ3v) is 5.41. The van der Waals surface area contributed by atoms with Gasteiger partial charge in [0.25, 0.3) is 0 Å². The first-order valence-electron chi connectivity index (χ1n) is 10.4. The number of carbonyl (C=O) groups is 1. The Kier molecular flexibility index (Phi) is 6.31. The maximum absolute atomic E-state index is 13.0. The fourth-order valence-electron chi connectivity index (χ4n) is 3.65. The molecule has 3 aromatic carbocycles. The van der Waals surface area contributed by atoms with Crippen LogP contribution in [0.4, 0.5) is 5.69 Å². The Morgan fingerprint density at radius 2 is 1.69 bits per heavy atom. The van der Waals surface area contributed by atoms with Crippen LogP contribution in [0.5, 0.6) is 17.2 Å². The highest BCUT2D eigenvalue weighted by Gasteiger charge is 2.18. The van der Waals surface area contributed by atoms with Crippen LogP contribution in [-0.2, 0) is 11.4 Å². The molecule has 4 aromatic rings. The molecular formula is C26H26N2O4. The molecule has 1 unspecified atom stereocenters. The lowest BCUT2D eigenvalue weighted by atomic mass is 10.2. The molecule has 1 heterocycles. The molecule has 0 bridgehead atoms. The van der Waals surface area contributed by atoms with Crippen LogP contribution in [0.3, 0.4) is 0 Å². The normalized spacial score (nSPS) is 11.7. The molecule has 4 rings (SSSR count). The molecule has 0 saturated carbocycles. The third-order valence-electron chi connectivity index (χ3n) is 5.41.